The molecule has 0 bridgehead atoms. The van der Waals surface area contributed by atoms with Crippen LogP contribution in [0, 0.1) is 0 Å². The molecule has 0 N–H and O–H groups in total. The minimum atomic E-state index is -6.65. The van der Waals surface area contributed by atoms with Gasteiger partial charge in [0, 0.05) is 0 Å². The van der Waals surface area contributed by atoms with E-state index >= 15 is 0 Å². The maximum absolute atomic E-state index is 13.3. The van der Waals surface area contributed by atoms with E-state index in [0.29, 0.717) is 12.5 Å². The fourth-order valence-electron chi connectivity index (χ4n) is 1.15. The number of hydrogen-bond acceptors (Lipinski definition) is 0. The number of alkyl halides is 9. The first-order valence-corrected chi connectivity index (χ1v) is 5.19. The molecule has 0 aromatic rings. The van der Waals surface area contributed by atoms with Gasteiger partial charge in [-0.2, -0.15) is 35.1 Å². The lowest BCUT2D eigenvalue weighted by Crippen LogP contribution is -2.61. The molecule has 0 fully saturated rings. The second-order valence-corrected chi connectivity index (χ2v) is 3.83. The van der Waals surface area contributed by atoms with E-state index in [2.05, 4.69) is 0 Å². The summed E-state index contributed by atoms with van der Waals surface area (Å²) in [6.45, 7) is 1.62. The Hall–Kier alpha value is -0.890. The van der Waals surface area contributed by atoms with E-state index in [-0.39, 0.29) is 12.8 Å². The fourth-order valence-corrected chi connectivity index (χ4v) is 1.15. The van der Waals surface area contributed by atoms with Crippen LogP contribution in [-0.4, -0.2) is 23.9 Å². The van der Waals surface area contributed by atoms with Gasteiger partial charge < -0.3 is 0 Å². The highest BCUT2D eigenvalue weighted by Gasteiger charge is 2.79. The summed E-state index contributed by atoms with van der Waals surface area (Å²) in [5.41, 5.74) is -5.77. The van der Waals surface area contributed by atoms with Gasteiger partial charge in [-0.15, -0.1) is 0 Å². The Labute approximate surface area is 103 Å². The molecule has 0 rings (SSSR count). The third-order valence-corrected chi connectivity index (χ3v) is 2.30. The zero-order valence-electron chi connectivity index (χ0n) is 9.68. The summed E-state index contributed by atoms with van der Waals surface area (Å²) in [6, 6.07) is 0. The Morgan fingerprint density at radius 3 is 1.58 bits per heavy atom. The maximum atomic E-state index is 13.3. The average molecular weight is 302 g/mol. The van der Waals surface area contributed by atoms with Crippen LogP contribution in [0.5, 0.6) is 0 Å². The minimum absolute atomic E-state index is 0.230. The summed E-state index contributed by atoms with van der Waals surface area (Å²) < 4.78 is 111. The number of unbranched alkanes of at least 4 members (excludes halogenated alkanes) is 2. The lowest BCUT2D eigenvalue weighted by Gasteiger charge is -2.33. The molecule has 0 spiro atoms. The number of hydrogen-bond donors (Lipinski definition) is 0. The van der Waals surface area contributed by atoms with E-state index in [0.717, 1.165) is 0 Å². The van der Waals surface area contributed by atoms with Crippen molar-refractivity contribution in [3.05, 3.63) is 12.2 Å². The van der Waals surface area contributed by atoms with Crippen LogP contribution in [0.4, 0.5) is 39.5 Å². The van der Waals surface area contributed by atoms with Crippen LogP contribution in [-0.2, 0) is 0 Å². The predicted octanol–water partition coefficient (Wildman–Crippen LogP) is 5.20. The van der Waals surface area contributed by atoms with Gasteiger partial charge in [0.25, 0.3) is 5.67 Å². The van der Waals surface area contributed by atoms with Crippen molar-refractivity contribution in [3.8, 4) is 0 Å². The van der Waals surface area contributed by atoms with Gasteiger partial charge in [-0.1, -0.05) is 25.8 Å². The smallest absolute Gasteiger partial charge is 0.222 e. The molecule has 0 saturated carbocycles. The zero-order valence-corrected chi connectivity index (χ0v) is 9.68. The second-order valence-electron chi connectivity index (χ2n) is 3.83. The number of allylic oxidation sites excluding steroid dienone is 2. The van der Waals surface area contributed by atoms with E-state index in [1.165, 1.54) is 0 Å². The summed E-state index contributed by atoms with van der Waals surface area (Å²) >= 11 is 0. The van der Waals surface area contributed by atoms with Crippen molar-refractivity contribution < 1.29 is 39.5 Å². The molecule has 0 aliphatic carbocycles. The van der Waals surface area contributed by atoms with Crippen LogP contribution >= 0.6 is 0 Å². The number of halogens is 9. The first-order chi connectivity index (χ1) is 8.31. The SMILES string of the molecule is CCCC/C=C\[C@@](F)(C(F)(F)F)C(F)(F)C(F)(F)F. The first kappa shape index (κ1) is 18.1. The molecule has 114 valence electrons. The van der Waals surface area contributed by atoms with Crippen LogP contribution in [0.15, 0.2) is 12.2 Å². The minimum Gasteiger partial charge on any atom is -0.222 e. The van der Waals surface area contributed by atoms with Gasteiger partial charge in [-0.25, -0.2) is 4.39 Å². The molecule has 0 aliphatic heterocycles. The quantitative estimate of drug-likeness (QED) is 0.372. The molecule has 0 nitrogen and oxygen atoms in total. The van der Waals surface area contributed by atoms with Gasteiger partial charge >= 0.3 is 18.3 Å². The molecule has 0 heterocycles. The Morgan fingerprint density at radius 2 is 1.26 bits per heavy atom. The average Bonchev–Trinajstić information content (AvgIpc) is 2.20. The van der Waals surface area contributed by atoms with Crippen molar-refractivity contribution >= 4 is 0 Å². The van der Waals surface area contributed by atoms with Crippen LogP contribution in [0.25, 0.3) is 0 Å². The van der Waals surface area contributed by atoms with Crippen molar-refractivity contribution in [1.29, 1.82) is 0 Å². The van der Waals surface area contributed by atoms with Crippen molar-refractivity contribution in [2.75, 3.05) is 0 Å². The standard InChI is InChI=1S/C10H11F9/c1-2-3-4-5-6-7(11,9(14,15)16)8(12,13)10(17,18)19/h5-6H,2-4H2,1H3/b6-5-/t7-/m0/s1. The fraction of sp³-hybridized carbons (Fsp3) is 0.800. The molecule has 1 atom stereocenters. The molecule has 19 heavy (non-hydrogen) atoms. The predicted molar refractivity (Wildman–Crippen MR) is 49.6 cm³/mol. The van der Waals surface area contributed by atoms with E-state index in [4.69, 9.17) is 0 Å². The monoisotopic (exact) mass is 302 g/mol. The lowest BCUT2D eigenvalue weighted by atomic mass is 9.95. The Bertz CT molecular complexity index is 312. The van der Waals surface area contributed by atoms with E-state index in [1.54, 1.807) is 6.92 Å². The van der Waals surface area contributed by atoms with Gasteiger partial charge in [0.1, 0.15) is 0 Å². The maximum Gasteiger partial charge on any atom is 0.457 e. The third-order valence-electron chi connectivity index (χ3n) is 2.30. The first-order valence-electron chi connectivity index (χ1n) is 5.19. The summed E-state index contributed by atoms with van der Waals surface area (Å²) in [5.74, 6) is -6.55. The highest BCUT2D eigenvalue weighted by atomic mass is 19.4. The van der Waals surface area contributed by atoms with Gasteiger partial charge in [0.05, 0.1) is 0 Å². The summed E-state index contributed by atoms with van der Waals surface area (Å²) in [4.78, 5) is 0. The molecule has 0 aromatic heterocycles. The highest BCUT2D eigenvalue weighted by molar-refractivity contribution is 5.16. The van der Waals surface area contributed by atoms with Crippen molar-refractivity contribution in [1.82, 2.24) is 0 Å². The van der Waals surface area contributed by atoms with E-state index in [9.17, 15) is 39.5 Å². The molecular formula is C10H11F9. The van der Waals surface area contributed by atoms with Crippen molar-refractivity contribution in [3.63, 3.8) is 0 Å². The largest absolute Gasteiger partial charge is 0.457 e. The normalized spacial score (nSPS) is 17.8. The van der Waals surface area contributed by atoms with Gasteiger partial charge in [-0.05, 0) is 12.5 Å². The zero-order chi connectivity index (χ0) is 15.5. The second kappa shape index (κ2) is 5.62. The molecule has 0 aliphatic rings. The molecule has 0 aromatic carbocycles. The van der Waals surface area contributed by atoms with Crippen LogP contribution < -0.4 is 0 Å². The van der Waals surface area contributed by atoms with Crippen molar-refractivity contribution in [2.45, 2.75) is 50.1 Å². The molecule has 0 saturated heterocycles. The van der Waals surface area contributed by atoms with Gasteiger partial charge in [-0.3, -0.25) is 0 Å². The topological polar surface area (TPSA) is 0 Å². The van der Waals surface area contributed by atoms with Crippen LogP contribution in [0.2, 0.25) is 0 Å². The summed E-state index contributed by atoms with van der Waals surface area (Å²) in [7, 11) is 0. The molecule has 0 amide bonds. The molecule has 0 unspecified atom stereocenters. The van der Waals surface area contributed by atoms with Crippen LogP contribution in [0.1, 0.15) is 26.2 Å². The summed E-state index contributed by atoms with van der Waals surface area (Å²) in [6.07, 6.45) is -13.0. The van der Waals surface area contributed by atoms with Gasteiger partial charge in [0.15, 0.2) is 0 Å². The third kappa shape index (κ3) is 3.56. The summed E-state index contributed by atoms with van der Waals surface area (Å²) in [5, 5.41) is 0. The lowest BCUT2D eigenvalue weighted by molar-refractivity contribution is -0.369. The Kier molecular flexibility index (Phi) is 5.36. The molecule has 0 radical (unpaired) electrons. The Balaban J connectivity index is 5.51. The van der Waals surface area contributed by atoms with E-state index < -0.39 is 30.0 Å². The van der Waals surface area contributed by atoms with Gasteiger partial charge in [0.2, 0.25) is 0 Å². The number of rotatable bonds is 5. The highest BCUT2D eigenvalue weighted by Crippen LogP contribution is 2.53. The molecule has 9 heteroatoms. The van der Waals surface area contributed by atoms with Crippen LogP contribution in [0.3, 0.4) is 0 Å². The Morgan fingerprint density at radius 1 is 0.789 bits per heavy atom. The van der Waals surface area contributed by atoms with Crippen molar-refractivity contribution in [2.24, 2.45) is 0 Å². The van der Waals surface area contributed by atoms with E-state index in [1.807, 2.05) is 0 Å². The molecular weight excluding hydrogens is 291 g/mol.